The molecule has 0 bridgehead atoms. The van der Waals surface area contributed by atoms with Crippen molar-refractivity contribution in [2.45, 2.75) is 63.6 Å². The summed E-state index contributed by atoms with van der Waals surface area (Å²) in [7, 11) is 3.30. The van der Waals surface area contributed by atoms with Gasteiger partial charge < -0.3 is 34.6 Å². The largest absolute Gasteiger partial charge is 0.476 e. The Morgan fingerprint density at radius 1 is 1.07 bits per heavy atom. The van der Waals surface area contributed by atoms with Gasteiger partial charge >= 0.3 is 0 Å². The smallest absolute Gasteiger partial charge is 0.270 e. The predicted molar refractivity (Wildman–Crippen MR) is 169 cm³/mol. The number of hydrogen-bond acceptors (Lipinski definition) is 7. The molecule has 2 aliphatic heterocycles. The third kappa shape index (κ3) is 7.25. The van der Waals surface area contributed by atoms with Gasteiger partial charge in [0.1, 0.15) is 5.75 Å². The van der Waals surface area contributed by atoms with Gasteiger partial charge in [0, 0.05) is 58.8 Å². The van der Waals surface area contributed by atoms with Crippen molar-refractivity contribution >= 4 is 29.1 Å². The van der Waals surface area contributed by atoms with Gasteiger partial charge in [0.2, 0.25) is 11.8 Å². The van der Waals surface area contributed by atoms with Crippen LogP contribution in [0.25, 0.3) is 0 Å². The number of methoxy groups -OCH3 is 2. The van der Waals surface area contributed by atoms with Crippen LogP contribution in [0.15, 0.2) is 48.5 Å². The van der Waals surface area contributed by atoms with Gasteiger partial charge in [-0.2, -0.15) is 0 Å². The number of nitrogens with zero attached hydrogens (tertiary/aromatic N) is 2. The first-order valence-corrected chi connectivity index (χ1v) is 15.8. The third-order valence-corrected chi connectivity index (χ3v) is 8.72. The molecule has 2 aromatic rings. The molecule has 0 unspecified atom stereocenters. The van der Waals surface area contributed by atoms with Crippen LogP contribution in [0.5, 0.6) is 5.75 Å². The van der Waals surface area contributed by atoms with Gasteiger partial charge in [0.05, 0.1) is 23.6 Å². The zero-order valence-corrected chi connectivity index (χ0v) is 26.3. The van der Waals surface area contributed by atoms with E-state index in [9.17, 15) is 14.4 Å². The minimum absolute atomic E-state index is 0.00533. The van der Waals surface area contributed by atoms with E-state index in [-0.39, 0.29) is 41.6 Å². The maximum absolute atomic E-state index is 14.2. The van der Waals surface area contributed by atoms with Gasteiger partial charge in [-0.05, 0) is 69.7 Å². The van der Waals surface area contributed by atoms with Gasteiger partial charge in [-0.15, -0.1) is 0 Å². The number of carbonyl (C=O) groups is 3. The Labute approximate surface area is 260 Å². The van der Waals surface area contributed by atoms with E-state index in [1.54, 1.807) is 33.0 Å². The molecule has 3 atom stereocenters. The number of nitrogens with one attached hydrogen (secondary N) is 2. The van der Waals surface area contributed by atoms with Gasteiger partial charge in [0.15, 0.2) is 5.60 Å². The molecule has 3 aliphatic rings. The van der Waals surface area contributed by atoms with Crippen LogP contribution in [0.3, 0.4) is 0 Å². The highest BCUT2D eigenvalue weighted by Crippen LogP contribution is 2.43. The molecule has 10 heteroatoms. The Morgan fingerprint density at radius 2 is 1.80 bits per heavy atom. The van der Waals surface area contributed by atoms with E-state index in [1.807, 2.05) is 53.4 Å². The SMILES string of the molecule is COCCCN1C(=O)C(C)(C)Oc2ccc(N(C(=O)[C@H]3CNC[C@@H](C(=O)N[C@H](CCOC)c4ccccc4)C3)C3CC3)cc21. The summed E-state index contributed by atoms with van der Waals surface area (Å²) >= 11 is 0. The molecule has 1 aliphatic carbocycles. The maximum atomic E-state index is 14.2. The van der Waals surface area contributed by atoms with Crippen LogP contribution in [0.1, 0.15) is 57.6 Å². The van der Waals surface area contributed by atoms with E-state index in [0.29, 0.717) is 63.5 Å². The van der Waals surface area contributed by atoms with Crippen molar-refractivity contribution < 1.29 is 28.6 Å². The zero-order valence-electron chi connectivity index (χ0n) is 26.3. The first-order valence-electron chi connectivity index (χ1n) is 15.8. The first kappa shape index (κ1) is 31.9. The Hall–Kier alpha value is -3.47. The van der Waals surface area contributed by atoms with Gasteiger partial charge in [-0.1, -0.05) is 30.3 Å². The number of ether oxygens (including phenoxy) is 3. The van der Waals surface area contributed by atoms with Crippen LogP contribution in [0.4, 0.5) is 11.4 Å². The number of amides is 3. The molecule has 2 heterocycles. The zero-order chi connectivity index (χ0) is 31.3. The molecule has 2 N–H and O–H groups in total. The molecule has 5 rings (SSSR count). The second-order valence-electron chi connectivity index (χ2n) is 12.5. The van der Waals surface area contributed by atoms with Crippen LogP contribution in [-0.2, 0) is 23.9 Å². The maximum Gasteiger partial charge on any atom is 0.270 e. The summed E-state index contributed by atoms with van der Waals surface area (Å²) in [6.07, 6.45) is 3.66. The highest BCUT2D eigenvalue weighted by molar-refractivity contribution is 6.04. The van der Waals surface area contributed by atoms with Crippen molar-refractivity contribution in [3.8, 4) is 5.75 Å². The van der Waals surface area contributed by atoms with E-state index < -0.39 is 5.60 Å². The van der Waals surface area contributed by atoms with Crippen molar-refractivity contribution in [1.82, 2.24) is 10.6 Å². The Bertz CT molecular complexity index is 1310. The standard InChI is InChI=1S/C34H46N4O6/c1-34(2)33(41)37(16-8-17-42-3)29-20-27(13-14-30(29)44-34)38(26-11-12-26)32(40)25-19-24(21-35-22-25)31(39)36-28(15-18-43-4)23-9-6-5-7-10-23/h5-7,9-10,13-14,20,24-26,28,35H,8,11-12,15-19,21-22H2,1-4H3,(H,36,39)/t24-,25+,28+/m0/s1. The van der Waals surface area contributed by atoms with Gasteiger partial charge in [0.25, 0.3) is 5.91 Å². The third-order valence-electron chi connectivity index (χ3n) is 8.72. The van der Waals surface area contributed by atoms with Crippen LogP contribution in [0, 0.1) is 11.8 Å². The molecule has 44 heavy (non-hydrogen) atoms. The molecule has 1 saturated carbocycles. The van der Waals surface area contributed by atoms with Crippen LogP contribution in [0.2, 0.25) is 0 Å². The van der Waals surface area contributed by atoms with E-state index in [0.717, 1.165) is 24.1 Å². The Morgan fingerprint density at radius 3 is 2.50 bits per heavy atom. The molecule has 3 amide bonds. The quantitative estimate of drug-likeness (QED) is 0.334. The molecule has 0 radical (unpaired) electrons. The minimum atomic E-state index is -0.986. The highest BCUT2D eigenvalue weighted by atomic mass is 16.5. The first-order chi connectivity index (χ1) is 21.2. The monoisotopic (exact) mass is 606 g/mol. The van der Waals surface area contributed by atoms with E-state index in [2.05, 4.69) is 10.6 Å². The summed E-state index contributed by atoms with van der Waals surface area (Å²) < 4.78 is 16.6. The number of rotatable bonds is 13. The summed E-state index contributed by atoms with van der Waals surface area (Å²) in [5.41, 5.74) is 1.46. The lowest BCUT2D eigenvalue weighted by Gasteiger charge is -2.40. The van der Waals surface area contributed by atoms with Gasteiger partial charge in [-0.3, -0.25) is 14.4 Å². The molecule has 0 aromatic heterocycles. The molecule has 2 fully saturated rings. The molecule has 238 valence electrons. The van der Waals surface area contributed by atoms with E-state index in [1.165, 1.54) is 0 Å². The molecular formula is C34H46N4O6. The normalized spacial score (nSPS) is 21.6. The van der Waals surface area contributed by atoms with Crippen LogP contribution >= 0.6 is 0 Å². The molecule has 10 nitrogen and oxygen atoms in total. The molecule has 1 saturated heterocycles. The van der Waals surface area contributed by atoms with Crippen molar-refractivity contribution in [1.29, 1.82) is 0 Å². The fourth-order valence-corrected chi connectivity index (χ4v) is 6.20. The average Bonchev–Trinajstić information content (AvgIpc) is 3.87. The lowest BCUT2D eigenvalue weighted by Crippen LogP contribution is -2.53. The lowest BCUT2D eigenvalue weighted by molar-refractivity contribution is -0.132. The summed E-state index contributed by atoms with van der Waals surface area (Å²) in [5, 5.41) is 6.57. The fourth-order valence-electron chi connectivity index (χ4n) is 6.20. The number of hydrogen-bond donors (Lipinski definition) is 2. The summed E-state index contributed by atoms with van der Waals surface area (Å²) in [5.74, 6) is -0.230. The van der Waals surface area contributed by atoms with Crippen LogP contribution in [-0.4, -0.2) is 76.4 Å². The van der Waals surface area contributed by atoms with E-state index >= 15 is 0 Å². The van der Waals surface area contributed by atoms with Gasteiger partial charge in [-0.25, -0.2) is 0 Å². The minimum Gasteiger partial charge on any atom is -0.476 e. The number of benzene rings is 2. The molecular weight excluding hydrogens is 560 g/mol. The number of piperidine rings is 1. The van der Waals surface area contributed by atoms with Crippen molar-refractivity contribution in [2.24, 2.45) is 11.8 Å². The lowest BCUT2D eigenvalue weighted by atomic mass is 9.88. The van der Waals surface area contributed by atoms with Crippen molar-refractivity contribution in [3.63, 3.8) is 0 Å². The number of carbonyl (C=O) groups excluding carboxylic acids is 3. The number of fused-ring (bicyclic) bond motifs is 1. The number of anilines is 2. The highest BCUT2D eigenvalue weighted by Gasteiger charge is 2.43. The second kappa shape index (κ2) is 14.1. The fraction of sp³-hybridized carbons (Fsp3) is 0.559. The summed E-state index contributed by atoms with van der Waals surface area (Å²) in [6.45, 7) is 6.14. The molecule has 0 spiro atoms. The van der Waals surface area contributed by atoms with Crippen molar-refractivity contribution in [2.75, 3.05) is 56.9 Å². The van der Waals surface area contributed by atoms with E-state index in [4.69, 9.17) is 14.2 Å². The Kier molecular flexibility index (Phi) is 10.2. The topological polar surface area (TPSA) is 109 Å². The van der Waals surface area contributed by atoms with Crippen LogP contribution < -0.4 is 25.2 Å². The second-order valence-corrected chi connectivity index (χ2v) is 12.5. The van der Waals surface area contributed by atoms with Crippen molar-refractivity contribution in [3.05, 3.63) is 54.1 Å². The average molecular weight is 607 g/mol. The predicted octanol–water partition coefficient (Wildman–Crippen LogP) is 3.84. The Balaban J connectivity index is 1.32. The molecule has 2 aromatic carbocycles. The summed E-state index contributed by atoms with van der Waals surface area (Å²) in [4.78, 5) is 44.7. The summed E-state index contributed by atoms with van der Waals surface area (Å²) in [6, 6.07) is 15.5.